The van der Waals surface area contributed by atoms with E-state index in [-0.39, 0.29) is 5.91 Å². The fraction of sp³-hybridized carbons (Fsp3) is 0.650. The van der Waals surface area contributed by atoms with Gasteiger partial charge in [-0.15, -0.1) is 0 Å². The van der Waals surface area contributed by atoms with Crippen LogP contribution in [0.4, 0.5) is 0 Å². The first-order valence-electron chi connectivity index (χ1n) is 9.23. The summed E-state index contributed by atoms with van der Waals surface area (Å²) >= 11 is 0. The summed E-state index contributed by atoms with van der Waals surface area (Å²) in [5.74, 6) is 0.245. The highest BCUT2D eigenvalue weighted by Crippen LogP contribution is 2.43. The fourth-order valence-electron chi connectivity index (χ4n) is 4.26. The minimum atomic E-state index is -0.510. The molecule has 0 radical (unpaired) electrons. The Hall–Kier alpha value is -1.35. The van der Waals surface area contributed by atoms with Gasteiger partial charge in [-0.2, -0.15) is 0 Å². The van der Waals surface area contributed by atoms with Crippen molar-refractivity contribution in [2.24, 2.45) is 11.7 Å². The zero-order valence-corrected chi connectivity index (χ0v) is 14.8. The van der Waals surface area contributed by atoms with Crippen LogP contribution >= 0.6 is 0 Å². The standard InChI is InChI=1S/C20H32N2O/c1-3-22(4-2)16-15-20(19(21)23,17-11-7-5-8-12-17)18-13-9-6-10-14-18/h5,7-8,11-12,18H,3-4,6,9-10,13-16H2,1-2H3,(H2,21,23). The molecule has 1 aliphatic carbocycles. The van der Waals surface area contributed by atoms with Gasteiger partial charge in [-0.1, -0.05) is 63.4 Å². The second-order valence-corrected chi connectivity index (χ2v) is 6.81. The maximum absolute atomic E-state index is 12.7. The van der Waals surface area contributed by atoms with Crippen molar-refractivity contribution in [3.8, 4) is 0 Å². The normalized spacial score (nSPS) is 18.7. The van der Waals surface area contributed by atoms with Crippen molar-refractivity contribution in [2.45, 2.75) is 57.8 Å². The molecule has 3 heteroatoms. The van der Waals surface area contributed by atoms with Crippen LogP contribution in [-0.4, -0.2) is 30.4 Å². The molecule has 23 heavy (non-hydrogen) atoms. The smallest absolute Gasteiger partial charge is 0.228 e. The molecule has 1 atom stereocenters. The highest BCUT2D eigenvalue weighted by Gasteiger charge is 2.45. The third-order valence-corrected chi connectivity index (χ3v) is 5.75. The van der Waals surface area contributed by atoms with E-state index in [1.54, 1.807) is 0 Å². The maximum Gasteiger partial charge on any atom is 0.228 e. The van der Waals surface area contributed by atoms with E-state index >= 15 is 0 Å². The van der Waals surface area contributed by atoms with E-state index in [4.69, 9.17) is 5.73 Å². The molecule has 2 N–H and O–H groups in total. The van der Waals surface area contributed by atoms with E-state index in [1.807, 2.05) is 18.2 Å². The van der Waals surface area contributed by atoms with Crippen LogP contribution in [0.25, 0.3) is 0 Å². The minimum Gasteiger partial charge on any atom is -0.369 e. The number of carbonyl (C=O) groups excluding carboxylic acids is 1. The molecule has 1 unspecified atom stereocenters. The van der Waals surface area contributed by atoms with Gasteiger partial charge in [0.2, 0.25) is 5.91 Å². The lowest BCUT2D eigenvalue weighted by molar-refractivity contribution is -0.126. The van der Waals surface area contributed by atoms with Crippen LogP contribution in [-0.2, 0) is 10.2 Å². The molecule has 1 aromatic rings. The number of benzene rings is 1. The van der Waals surface area contributed by atoms with Crippen molar-refractivity contribution in [2.75, 3.05) is 19.6 Å². The highest BCUT2D eigenvalue weighted by molar-refractivity contribution is 5.87. The molecule has 0 bridgehead atoms. The lowest BCUT2D eigenvalue weighted by Gasteiger charge is -2.42. The molecule has 1 saturated carbocycles. The number of hydrogen-bond acceptors (Lipinski definition) is 2. The molecule has 1 fully saturated rings. The fourth-order valence-corrected chi connectivity index (χ4v) is 4.26. The molecule has 128 valence electrons. The van der Waals surface area contributed by atoms with Crippen LogP contribution in [0.3, 0.4) is 0 Å². The Morgan fingerprint density at radius 2 is 1.74 bits per heavy atom. The van der Waals surface area contributed by atoms with Crippen molar-refractivity contribution in [3.05, 3.63) is 35.9 Å². The third kappa shape index (κ3) is 3.95. The maximum atomic E-state index is 12.7. The van der Waals surface area contributed by atoms with Gasteiger partial charge in [0.25, 0.3) is 0 Å². The molecule has 0 spiro atoms. The number of nitrogens with two attached hydrogens (primary N) is 1. The van der Waals surface area contributed by atoms with Crippen molar-refractivity contribution in [3.63, 3.8) is 0 Å². The number of nitrogens with zero attached hydrogens (tertiary/aromatic N) is 1. The lowest BCUT2D eigenvalue weighted by Crippen LogP contribution is -2.50. The number of amides is 1. The van der Waals surface area contributed by atoms with Crippen molar-refractivity contribution < 1.29 is 4.79 Å². The molecule has 1 amide bonds. The first kappa shape index (κ1) is 18.0. The minimum absolute atomic E-state index is 0.136. The first-order chi connectivity index (χ1) is 11.1. The molecule has 2 rings (SSSR count). The topological polar surface area (TPSA) is 46.3 Å². The molecule has 1 aromatic carbocycles. The predicted molar refractivity (Wildman–Crippen MR) is 96.3 cm³/mol. The summed E-state index contributed by atoms with van der Waals surface area (Å²) in [5, 5.41) is 0. The quantitative estimate of drug-likeness (QED) is 0.794. The number of primary amides is 1. The van der Waals surface area contributed by atoms with Gasteiger partial charge in [-0.05, 0) is 50.4 Å². The summed E-state index contributed by atoms with van der Waals surface area (Å²) in [6.45, 7) is 7.33. The molecule has 0 heterocycles. The Kier molecular flexibility index (Phi) is 6.64. The van der Waals surface area contributed by atoms with Gasteiger partial charge < -0.3 is 10.6 Å². The second kappa shape index (κ2) is 8.49. The molecule has 0 aliphatic heterocycles. The second-order valence-electron chi connectivity index (χ2n) is 6.81. The van der Waals surface area contributed by atoms with E-state index in [1.165, 1.54) is 19.3 Å². The van der Waals surface area contributed by atoms with Gasteiger partial charge in [0.05, 0.1) is 5.41 Å². The first-order valence-corrected chi connectivity index (χ1v) is 9.23. The van der Waals surface area contributed by atoms with Crippen LogP contribution in [0.2, 0.25) is 0 Å². The lowest BCUT2D eigenvalue weighted by atomic mass is 9.62. The molecule has 3 nitrogen and oxygen atoms in total. The summed E-state index contributed by atoms with van der Waals surface area (Å²) in [4.78, 5) is 15.1. The Bertz CT molecular complexity index is 478. The van der Waals surface area contributed by atoms with E-state index < -0.39 is 5.41 Å². The van der Waals surface area contributed by atoms with Crippen LogP contribution in [0, 0.1) is 5.92 Å². The zero-order valence-electron chi connectivity index (χ0n) is 14.8. The summed E-state index contributed by atoms with van der Waals surface area (Å²) < 4.78 is 0. The van der Waals surface area contributed by atoms with Crippen molar-refractivity contribution >= 4 is 5.91 Å². The van der Waals surface area contributed by atoms with Crippen LogP contribution in [0.5, 0.6) is 0 Å². The molecule has 0 aromatic heterocycles. The van der Waals surface area contributed by atoms with Crippen LogP contribution in [0.15, 0.2) is 30.3 Å². The summed E-state index contributed by atoms with van der Waals surface area (Å²) in [5.41, 5.74) is 6.65. The van der Waals surface area contributed by atoms with Gasteiger partial charge >= 0.3 is 0 Å². The van der Waals surface area contributed by atoms with Crippen molar-refractivity contribution in [1.29, 1.82) is 0 Å². The Morgan fingerprint density at radius 1 is 1.13 bits per heavy atom. The largest absolute Gasteiger partial charge is 0.369 e. The molecule has 1 aliphatic rings. The van der Waals surface area contributed by atoms with Gasteiger partial charge in [-0.25, -0.2) is 0 Å². The summed E-state index contributed by atoms with van der Waals surface area (Å²) in [6, 6.07) is 10.3. The Morgan fingerprint density at radius 3 is 2.26 bits per heavy atom. The molecule has 0 saturated heterocycles. The summed E-state index contributed by atoms with van der Waals surface area (Å²) in [6.07, 6.45) is 6.80. The van der Waals surface area contributed by atoms with E-state index in [9.17, 15) is 4.79 Å². The van der Waals surface area contributed by atoms with Gasteiger partial charge in [-0.3, -0.25) is 4.79 Å². The van der Waals surface area contributed by atoms with E-state index in [0.717, 1.165) is 44.5 Å². The van der Waals surface area contributed by atoms with Gasteiger partial charge in [0.15, 0.2) is 0 Å². The Balaban J connectivity index is 2.36. The van der Waals surface area contributed by atoms with Crippen LogP contribution < -0.4 is 5.73 Å². The monoisotopic (exact) mass is 316 g/mol. The third-order valence-electron chi connectivity index (χ3n) is 5.75. The van der Waals surface area contributed by atoms with E-state index in [2.05, 4.69) is 30.9 Å². The molecular formula is C20H32N2O. The van der Waals surface area contributed by atoms with Gasteiger partial charge in [0, 0.05) is 0 Å². The van der Waals surface area contributed by atoms with Crippen LogP contribution in [0.1, 0.15) is 57.9 Å². The summed E-state index contributed by atoms with van der Waals surface area (Å²) in [7, 11) is 0. The van der Waals surface area contributed by atoms with E-state index in [0.29, 0.717) is 5.92 Å². The average molecular weight is 316 g/mol. The van der Waals surface area contributed by atoms with Gasteiger partial charge in [0.1, 0.15) is 0 Å². The number of rotatable bonds is 8. The average Bonchev–Trinajstić information content (AvgIpc) is 2.60. The SMILES string of the molecule is CCN(CC)CCC(C(N)=O)(c1ccccc1)C1CCCCC1. The zero-order chi connectivity index (χ0) is 16.7. The number of hydrogen-bond donors (Lipinski definition) is 1. The predicted octanol–water partition coefficient (Wildman–Crippen LogP) is 3.72. The molecular weight excluding hydrogens is 284 g/mol. The highest BCUT2D eigenvalue weighted by atomic mass is 16.1. The Labute approximate surface area is 141 Å². The van der Waals surface area contributed by atoms with Crippen molar-refractivity contribution in [1.82, 2.24) is 4.90 Å². The number of carbonyl (C=O) groups is 1.